The van der Waals surface area contributed by atoms with E-state index in [0.717, 1.165) is 12.2 Å². The highest BCUT2D eigenvalue weighted by molar-refractivity contribution is 7.93. The molecule has 0 fully saturated rings. The van der Waals surface area contributed by atoms with Crippen LogP contribution in [-0.4, -0.2) is 52.0 Å². The molecule has 3 aromatic rings. The highest BCUT2D eigenvalue weighted by Gasteiger charge is 2.33. The molecule has 1 aliphatic rings. The van der Waals surface area contributed by atoms with Crippen LogP contribution in [-0.2, 0) is 14.8 Å². The van der Waals surface area contributed by atoms with Gasteiger partial charge in [-0.1, -0.05) is 54.9 Å². The lowest BCUT2D eigenvalue weighted by Crippen LogP contribution is -2.38. The molecule has 1 N–H and O–H groups in total. The molecule has 0 atom stereocenters. The first-order chi connectivity index (χ1) is 19.5. The Labute approximate surface area is 249 Å². The first kappa shape index (κ1) is 32.2. The Morgan fingerprint density at radius 2 is 2.02 bits per heavy atom. The van der Waals surface area contributed by atoms with Gasteiger partial charge in [0.2, 0.25) is 5.88 Å². The highest BCUT2D eigenvalue weighted by Crippen LogP contribution is 2.39. The maximum Gasteiger partial charge on any atom is 0.270 e. The normalized spacial score (nSPS) is 13.0. The summed E-state index contributed by atoms with van der Waals surface area (Å²) in [4.78, 5) is 3.75. The van der Waals surface area contributed by atoms with Gasteiger partial charge in [0, 0.05) is 18.2 Å². The van der Waals surface area contributed by atoms with Crippen molar-refractivity contribution in [3.05, 3.63) is 88.0 Å². The standard InChI is InChI=1S/C24H21Cl2FN2O5S.C5H10O/c1-15(23-18(26)3-2-4-19(23)27)11-16-5-6-21-20(12-16)29(7-9-33-21)35(31,32)22-13-17(25)14-28-24(22)34-10-8-30;1-4-5(2)6-3/h2-6,11-14,30H,7-10H2,1H3;2,4H2,1,3H3/b15-11+;. The number of halogens is 3. The lowest BCUT2D eigenvalue weighted by Gasteiger charge is -2.31. The topological polar surface area (TPSA) is 98.2 Å². The predicted octanol–water partition coefficient (Wildman–Crippen LogP) is 6.60. The largest absolute Gasteiger partial charge is 0.502 e. The van der Waals surface area contributed by atoms with Gasteiger partial charge in [0.25, 0.3) is 10.0 Å². The molecule has 0 radical (unpaired) electrons. The molecule has 0 amide bonds. The van der Waals surface area contributed by atoms with Gasteiger partial charge in [-0.2, -0.15) is 0 Å². The molecule has 1 aliphatic heterocycles. The minimum Gasteiger partial charge on any atom is -0.502 e. The molecule has 8 nitrogen and oxygen atoms in total. The molecule has 2 aromatic carbocycles. The predicted molar refractivity (Wildman–Crippen MR) is 160 cm³/mol. The summed E-state index contributed by atoms with van der Waals surface area (Å²) in [7, 11) is -2.54. The van der Waals surface area contributed by atoms with E-state index in [-0.39, 0.29) is 52.7 Å². The molecule has 0 aliphatic carbocycles. The molecule has 12 heteroatoms. The van der Waals surface area contributed by atoms with E-state index >= 15 is 0 Å². The van der Waals surface area contributed by atoms with Crippen molar-refractivity contribution in [2.75, 3.05) is 37.8 Å². The Bertz CT molecular complexity index is 1510. The maximum atomic E-state index is 14.4. The summed E-state index contributed by atoms with van der Waals surface area (Å²) in [6, 6.07) is 10.7. The van der Waals surface area contributed by atoms with E-state index in [1.165, 1.54) is 28.7 Å². The van der Waals surface area contributed by atoms with Gasteiger partial charge < -0.3 is 19.3 Å². The zero-order chi connectivity index (χ0) is 30.2. The Hall–Kier alpha value is -3.31. The van der Waals surface area contributed by atoms with Crippen molar-refractivity contribution >= 4 is 50.6 Å². The molecule has 220 valence electrons. The van der Waals surface area contributed by atoms with E-state index in [9.17, 15) is 12.8 Å². The quantitative estimate of drug-likeness (QED) is 0.211. The Morgan fingerprint density at radius 3 is 2.66 bits per heavy atom. The van der Waals surface area contributed by atoms with Crippen LogP contribution < -0.4 is 13.8 Å². The molecule has 0 spiro atoms. The number of aliphatic hydroxyl groups is 1. The van der Waals surface area contributed by atoms with E-state index < -0.39 is 15.8 Å². The molecule has 1 aromatic heterocycles. The first-order valence-corrected chi connectivity index (χ1v) is 14.8. The number of allylic oxidation sites excluding steroid dienone is 2. The van der Waals surface area contributed by atoms with Crippen molar-refractivity contribution in [2.45, 2.75) is 25.2 Å². The number of nitrogens with zero attached hydrogens (tertiary/aromatic N) is 2. The second-order valence-electron chi connectivity index (χ2n) is 8.70. The number of anilines is 1. The summed E-state index contributed by atoms with van der Waals surface area (Å²) in [6.45, 7) is 7.01. The average Bonchev–Trinajstić information content (AvgIpc) is 2.95. The number of ether oxygens (including phenoxy) is 3. The van der Waals surface area contributed by atoms with Crippen LogP contribution in [0.25, 0.3) is 11.6 Å². The maximum absolute atomic E-state index is 14.4. The third kappa shape index (κ3) is 7.91. The van der Waals surface area contributed by atoms with Gasteiger partial charge in [-0.05, 0) is 48.4 Å². The average molecular weight is 626 g/mol. The van der Waals surface area contributed by atoms with Gasteiger partial charge in [-0.3, -0.25) is 4.31 Å². The van der Waals surface area contributed by atoms with Crippen LogP contribution in [0, 0.1) is 5.82 Å². The van der Waals surface area contributed by atoms with E-state index in [1.54, 1.807) is 44.4 Å². The van der Waals surface area contributed by atoms with Gasteiger partial charge >= 0.3 is 0 Å². The number of fused-ring (bicyclic) bond motifs is 1. The smallest absolute Gasteiger partial charge is 0.270 e. The lowest BCUT2D eigenvalue weighted by atomic mass is 10.0. The van der Waals surface area contributed by atoms with Crippen molar-refractivity contribution in [2.24, 2.45) is 0 Å². The summed E-state index contributed by atoms with van der Waals surface area (Å²) in [6.07, 6.45) is 3.89. The van der Waals surface area contributed by atoms with E-state index in [0.29, 0.717) is 22.6 Å². The van der Waals surface area contributed by atoms with Gasteiger partial charge in [0.05, 0.1) is 41.8 Å². The van der Waals surface area contributed by atoms with Gasteiger partial charge in [0.1, 0.15) is 24.8 Å². The second kappa shape index (κ2) is 14.5. The Balaban J connectivity index is 0.000000696. The molecule has 0 bridgehead atoms. The van der Waals surface area contributed by atoms with Crippen LogP contribution >= 0.6 is 23.2 Å². The van der Waals surface area contributed by atoms with Crippen LogP contribution in [0.15, 0.2) is 65.9 Å². The van der Waals surface area contributed by atoms with Gasteiger partial charge in [-0.15, -0.1) is 0 Å². The van der Waals surface area contributed by atoms with Gasteiger partial charge in [0.15, 0.2) is 4.90 Å². The summed E-state index contributed by atoms with van der Waals surface area (Å²) < 4.78 is 58.6. The minimum atomic E-state index is -4.17. The van der Waals surface area contributed by atoms with E-state index in [4.69, 9.17) is 42.5 Å². The fourth-order valence-electron chi connectivity index (χ4n) is 3.85. The zero-order valence-electron chi connectivity index (χ0n) is 22.9. The molecule has 0 unspecified atom stereocenters. The third-order valence-corrected chi connectivity index (χ3v) is 8.24. The number of rotatable bonds is 9. The molecular formula is C29H31Cl2FN2O6S. The molecule has 2 heterocycles. The number of methoxy groups -OCH3 is 1. The Morgan fingerprint density at radius 1 is 1.27 bits per heavy atom. The molecule has 0 saturated carbocycles. The zero-order valence-corrected chi connectivity index (χ0v) is 25.2. The van der Waals surface area contributed by atoms with Crippen molar-refractivity contribution in [3.63, 3.8) is 0 Å². The van der Waals surface area contributed by atoms with Crippen LogP contribution in [0.4, 0.5) is 10.1 Å². The van der Waals surface area contributed by atoms with Crippen molar-refractivity contribution < 1.29 is 32.1 Å². The second-order valence-corrected chi connectivity index (χ2v) is 11.4. The number of hydrogen-bond acceptors (Lipinski definition) is 7. The monoisotopic (exact) mass is 624 g/mol. The number of aromatic nitrogens is 1. The molecule has 41 heavy (non-hydrogen) atoms. The summed E-state index contributed by atoms with van der Waals surface area (Å²) >= 11 is 12.2. The van der Waals surface area contributed by atoms with Crippen molar-refractivity contribution in [1.82, 2.24) is 4.98 Å². The lowest BCUT2D eigenvalue weighted by molar-refractivity contribution is 0.193. The van der Waals surface area contributed by atoms with Gasteiger partial charge in [-0.25, -0.2) is 17.8 Å². The number of pyridine rings is 1. The number of hydrogen-bond donors (Lipinski definition) is 1. The Kier molecular flexibility index (Phi) is 11.4. The molecular weight excluding hydrogens is 594 g/mol. The fourth-order valence-corrected chi connectivity index (χ4v) is 5.95. The summed E-state index contributed by atoms with van der Waals surface area (Å²) in [5.74, 6) is 0.583. The minimum absolute atomic E-state index is 0.0343. The number of aliphatic hydroxyl groups excluding tert-OH is 1. The van der Waals surface area contributed by atoms with Crippen LogP contribution in [0.2, 0.25) is 10.0 Å². The number of sulfonamides is 1. The van der Waals surface area contributed by atoms with Crippen LogP contribution in [0.5, 0.6) is 11.6 Å². The van der Waals surface area contributed by atoms with Crippen LogP contribution in [0.1, 0.15) is 31.4 Å². The van der Waals surface area contributed by atoms with E-state index in [1.807, 2.05) is 6.92 Å². The summed E-state index contributed by atoms with van der Waals surface area (Å²) in [5.41, 5.74) is 1.75. The van der Waals surface area contributed by atoms with Crippen molar-refractivity contribution in [3.8, 4) is 11.6 Å². The summed E-state index contributed by atoms with van der Waals surface area (Å²) in [5, 5.41) is 9.47. The SMILES string of the molecule is C/C(=C\c1ccc2c(c1)N(S(=O)(=O)c1cc(Cl)cnc1OCCO)CCO2)c1c(F)cccc1Cl.C=C(CC)OC. The van der Waals surface area contributed by atoms with E-state index in [2.05, 4.69) is 11.6 Å². The van der Waals surface area contributed by atoms with Crippen LogP contribution in [0.3, 0.4) is 0 Å². The molecule has 0 saturated heterocycles. The molecule has 4 rings (SSSR count). The fraction of sp³-hybridized carbons (Fsp3) is 0.276. The third-order valence-electron chi connectivity index (χ3n) is 5.91. The van der Waals surface area contributed by atoms with Crippen molar-refractivity contribution in [1.29, 1.82) is 0 Å². The first-order valence-electron chi connectivity index (χ1n) is 12.6. The number of benzene rings is 2. The highest BCUT2D eigenvalue weighted by atomic mass is 35.5.